The SMILES string of the molecule is CC(C)(C)OC(=O)N1CCCC(N2CC(N3CCN(c4nccc(COc5ccc(C(C)(C)c6cc(Cl)cc(C#N)c6)cc5)n4)CC3)C2)C1. The molecule has 0 bridgehead atoms. The first kappa shape index (κ1) is 34.9. The van der Waals surface area contributed by atoms with Gasteiger partial charge < -0.3 is 19.3 Å². The largest absolute Gasteiger partial charge is 0.487 e. The van der Waals surface area contributed by atoms with Gasteiger partial charge in [0, 0.05) is 81.1 Å². The van der Waals surface area contributed by atoms with Crippen LogP contribution < -0.4 is 9.64 Å². The lowest BCUT2D eigenvalue weighted by Gasteiger charge is -2.52. The van der Waals surface area contributed by atoms with Crippen molar-refractivity contribution in [3.8, 4) is 11.8 Å². The van der Waals surface area contributed by atoms with Crippen LogP contribution in [0.1, 0.15) is 69.8 Å². The van der Waals surface area contributed by atoms with E-state index in [4.69, 9.17) is 26.1 Å². The number of carbonyl (C=O) groups excluding carboxylic acids is 1. The minimum atomic E-state index is -0.467. The Kier molecular flexibility index (Phi) is 10.4. The maximum Gasteiger partial charge on any atom is 0.410 e. The predicted molar refractivity (Wildman–Crippen MR) is 191 cm³/mol. The molecule has 3 saturated heterocycles. The number of rotatable bonds is 8. The van der Waals surface area contributed by atoms with Crippen molar-refractivity contribution in [2.45, 2.75) is 77.2 Å². The van der Waals surface area contributed by atoms with E-state index >= 15 is 0 Å². The second-order valence-corrected chi connectivity index (χ2v) is 15.4. The summed E-state index contributed by atoms with van der Waals surface area (Å²) >= 11 is 6.29. The van der Waals surface area contributed by atoms with Crippen molar-refractivity contribution < 1.29 is 14.3 Å². The smallest absolute Gasteiger partial charge is 0.410 e. The van der Waals surface area contributed by atoms with Gasteiger partial charge in [0.1, 0.15) is 18.0 Å². The molecular formula is C38H48ClN7O3. The van der Waals surface area contributed by atoms with Gasteiger partial charge in [0.25, 0.3) is 0 Å². The van der Waals surface area contributed by atoms with E-state index < -0.39 is 5.60 Å². The molecule has 260 valence electrons. The average molecular weight is 686 g/mol. The molecule has 0 spiro atoms. The lowest BCUT2D eigenvalue weighted by Crippen LogP contribution is -2.67. The number of hydrogen-bond acceptors (Lipinski definition) is 9. The summed E-state index contributed by atoms with van der Waals surface area (Å²) < 4.78 is 11.7. The predicted octanol–water partition coefficient (Wildman–Crippen LogP) is 6.11. The third kappa shape index (κ3) is 8.46. The van der Waals surface area contributed by atoms with Crippen LogP contribution in [0.3, 0.4) is 0 Å². The summed E-state index contributed by atoms with van der Waals surface area (Å²) in [5.74, 6) is 1.51. The molecule has 2 aromatic carbocycles. The van der Waals surface area contributed by atoms with Gasteiger partial charge in [-0.1, -0.05) is 37.6 Å². The molecule has 0 saturated carbocycles. The highest BCUT2D eigenvalue weighted by Gasteiger charge is 2.39. The number of halogens is 1. The zero-order valence-electron chi connectivity index (χ0n) is 29.4. The van der Waals surface area contributed by atoms with E-state index in [-0.39, 0.29) is 11.5 Å². The van der Waals surface area contributed by atoms with Gasteiger partial charge in [-0.3, -0.25) is 9.80 Å². The molecule has 6 rings (SSSR count). The number of benzene rings is 2. The molecule has 3 aliphatic rings. The third-order valence-corrected chi connectivity index (χ3v) is 10.2. The minimum absolute atomic E-state index is 0.191. The number of piperidine rings is 1. The number of nitriles is 1. The summed E-state index contributed by atoms with van der Waals surface area (Å²) in [7, 11) is 0. The number of carbonyl (C=O) groups is 1. The number of ether oxygens (including phenoxy) is 2. The van der Waals surface area contributed by atoms with Crippen LogP contribution in [0.2, 0.25) is 5.02 Å². The molecule has 0 N–H and O–H groups in total. The van der Waals surface area contributed by atoms with Crippen LogP contribution in [0.15, 0.2) is 54.7 Å². The van der Waals surface area contributed by atoms with E-state index in [1.807, 2.05) is 62.2 Å². The van der Waals surface area contributed by atoms with Crippen molar-refractivity contribution in [2.24, 2.45) is 0 Å². The molecule has 0 aliphatic carbocycles. The molecule has 1 amide bonds. The molecule has 10 nitrogen and oxygen atoms in total. The van der Waals surface area contributed by atoms with Crippen LogP contribution in [-0.2, 0) is 16.8 Å². The number of aromatic nitrogens is 2. The molecule has 3 aromatic rings. The Morgan fingerprint density at radius 2 is 1.65 bits per heavy atom. The third-order valence-electron chi connectivity index (χ3n) is 9.98. The van der Waals surface area contributed by atoms with E-state index in [9.17, 15) is 10.1 Å². The zero-order valence-corrected chi connectivity index (χ0v) is 30.1. The Morgan fingerprint density at radius 1 is 0.918 bits per heavy atom. The summed E-state index contributed by atoms with van der Waals surface area (Å²) in [5, 5.41) is 9.94. The minimum Gasteiger partial charge on any atom is -0.487 e. The van der Waals surface area contributed by atoms with Crippen LogP contribution in [0.25, 0.3) is 0 Å². The number of likely N-dealkylation sites (tertiary alicyclic amines) is 2. The fraction of sp³-hybridized carbons (Fsp3) is 0.526. The first-order valence-electron chi connectivity index (χ1n) is 17.4. The van der Waals surface area contributed by atoms with E-state index in [1.54, 1.807) is 6.07 Å². The zero-order chi connectivity index (χ0) is 34.8. The lowest BCUT2D eigenvalue weighted by atomic mass is 9.78. The highest BCUT2D eigenvalue weighted by atomic mass is 35.5. The van der Waals surface area contributed by atoms with Crippen molar-refractivity contribution in [1.29, 1.82) is 5.26 Å². The van der Waals surface area contributed by atoms with Crippen LogP contribution in [-0.4, -0.2) is 101 Å². The Hall–Kier alpha value is -3.91. The van der Waals surface area contributed by atoms with Gasteiger partial charge >= 0.3 is 6.09 Å². The summed E-state index contributed by atoms with van der Waals surface area (Å²) in [6.45, 7) is 17.7. The number of amides is 1. The first-order valence-corrected chi connectivity index (χ1v) is 17.7. The second-order valence-electron chi connectivity index (χ2n) is 15.0. The molecule has 49 heavy (non-hydrogen) atoms. The molecule has 1 aromatic heterocycles. The number of piperazine rings is 1. The van der Waals surface area contributed by atoms with Crippen molar-refractivity contribution in [3.05, 3.63) is 82.1 Å². The molecule has 11 heteroatoms. The normalized spacial score (nSPS) is 19.7. The van der Waals surface area contributed by atoms with Gasteiger partial charge in [-0.05, 0) is 81.1 Å². The fourth-order valence-corrected chi connectivity index (χ4v) is 7.21. The lowest BCUT2D eigenvalue weighted by molar-refractivity contribution is -0.0279. The second kappa shape index (κ2) is 14.5. The van der Waals surface area contributed by atoms with E-state index in [0.29, 0.717) is 29.3 Å². The van der Waals surface area contributed by atoms with Gasteiger partial charge in [-0.25, -0.2) is 14.8 Å². The van der Waals surface area contributed by atoms with Crippen molar-refractivity contribution in [3.63, 3.8) is 0 Å². The van der Waals surface area contributed by atoms with Gasteiger partial charge in [0.05, 0.1) is 17.3 Å². The van der Waals surface area contributed by atoms with Gasteiger partial charge in [-0.2, -0.15) is 5.26 Å². The quantitative estimate of drug-likeness (QED) is 0.278. The summed E-state index contributed by atoms with van der Waals surface area (Å²) in [6.07, 6.45) is 3.78. The molecule has 1 unspecified atom stereocenters. The van der Waals surface area contributed by atoms with Crippen LogP contribution in [0.4, 0.5) is 10.7 Å². The molecule has 0 radical (unpaired) electrons. The number of hydrogen-bond donors (Lipinski definition) is 0. The monoisotopic (exact) mass is 685 g/mol. The van der Waals surface area contributed by atoms with Crippen molar-refractivity contribution in [1.82, 2.24) is 24.7 Å². The summed E-state index contributed by atoms with van der Waals surface area (Å²) in [6, 6.07) is 18.6. The Morgan fingerprint density at radius 3 is 2.35 bits per heavy atom. The standard InChI is InChI=1S/C38H48ClN7O3/c1-37(2,3)49-36(47)45-14-6-7-32(23-45)46-24-33(25-46)43-15-17-44(18-16-43)35-41-13-12-31(42-35)26-48-34-10-8-28(9-11-34)38(4,5)29-19-27(22-40)20-30(39)21-29/h8-13,19-21,32-33H,6-7,14-18,23-26H2,1-5H3. The molecule has 1 atom stereocenters. The van der Waals surface area contributed by atoms with Crippen LogP contribution >= 0.6 is 11.6 Å². The molecular weight excluding hydrogens is 638 g/mol. The van der Waals surface area contributed by atoms with E-state index in [0.717, 1.165) is 93.7 Å². The van der Waals surface area contributed by atoms with E-state index in [2.05, 4.69) is 51.7 Å². The van der Waals surface area contributed by atoms with E-state index in [1.165, 1.54) is 0 Å². The molecule has 3 aliphatic heterocycles. The fourth-order valence-electron chi connectivity index (χ4n) is 6.97. The Balaban J connectivity index is 0.961. The molecule has 4 heterocycles. The van der Waals surface area contributed by atoms with Gasteiger partial charge in [-0.15, -0.1) is 0 Å². The maximum absolute atomic E-state index is 12.6. The Labute approximate surface area is 295 Å². The number of anilines is 1. The summed E-state index contributed by atoms with van der Waals surface area (Å²) in [4.78, 5) is 31.3. The Bertz CT molecular complexity index is 1650. The van der Waals surface area contributed by atoms with Gasteiger partial charge in [0.2, 0.25) is 5.95 Å². The maximum atomic E-state index is 12.6. The van der Waals surface area contributed by atoms with Crippen molar-refractivity contribution in [2.75, 3.05) is 57.3 Å². The number of nitrogens with zero attached hydrogens (tertiary/aromatic N) is 7. The molecule has 3 fully saturated rings. The highest BCUT2D eigenvalue weighted by molar-refractivity contribution is 6.30. The van der Waals surface area contributed by atoms with Crippen molar-refractivity contribution >= 4 is 23.6 Å². The van der Waals surface area contributed by atoms with Crippen LogP contribution in [0, 0.1) is 11.3 Å². The van der Waals surface area contributed by atoms with Crippen LogP contribution in [0.5, 0.6) is 5.75 Å². The van der Waals surface area contributed by atoms with Gasteiger partial charge in [0.15, 0.2) is 0 Å². The first-order chi connectivity index (χ1) is 23.4. The summed E-state index contributed by atoms with van der Waals surface area (Å²) in [5.41, 5.74) is 2.67. The highest BCUT2D eigenvalue weighted by Crippen LogP contribution is 2.34. The topological polar surface area (TPSA) is 98.1 Å². The average Bonchev–Trinajstić information content (AvgIpc) is 3.06.